The van der Waals surface area contributed by atoms with Crippen molar-refractivity contribution in [2.75, 3.05) is 59.7 Å². The van der Waals surface area contributed by atoms with Crippen LogP contribution in [0.5, 0.6) is 0 Å². The van der Waals surface area contributed by atoms with Gasteiger partial charge in [0.05, 0.1) is 0 Å². The molecule has 0 unspecified atom stereocenters. The van der Waals surface area contributed by atoms with E-state index in [0.717, 1.165) is 32.5 Å². The van der Waals surface area contributed by atoms with Crippen LogP contribution in [0.3, 0.4) is 0 Å². The molecule has 0 saturated heterocycles. The molecule has 2 N–H and O–H groups in total. The van der Waals surface area contributed by atoms with Crippen molar-refractivity contribution in [3.63, 3.8) is 0 Å². The first kappa shape index (κ1) is 18.3. The van der Waals surface area contributed by atoms with E-state index < -0.39 is 0 Å². The summed E-state index contributed by atoms with van der Waals surface area (Å²) in [5.74, 6) is 0.345. The van der Waals surface area contributed by atoms with Gasteiger partial charge in [0, 0.05) is 19.3 Å². The van der Waals surface area contributed by atoms with E-state index in [2.05, 4.69) is 30.4 Å². The Morgan fingerprint density at radius 3 is 2.36 bits per heavy atom. The van der Waals surface area contributed by atoms with Crippen LogP contribution in [0.1, 0.15) is 23.3 Å². The second-order valence-corrected chi connectivity index (χ2v) is 5.76. The zero-order valence-corrected chi connectivity index (χ0v) is 14.1. The molecule has 1 aromatic rings. The molecule has 0 aliphatic rings. The molecule has 0 fully saturated rings. The summed E-state index contributed by atoms with van der Waals surface area (Å²) in [6, 6.07) is 1.63. The lowest BCUT2D eigenvalue weighted by molar-refractivity contribution is 0.0947. The van der Waals surface area contributed by atoms with Crippen LogP contribution < -0.4 is 10.6 Å². The first-order valence-corrected chi connectivity index (χ1v) is 7.63. The van der Waals surface area contributed by atoms with E-state index >= 15 is 0 Å². The summed E-state index contributed by atoms with van der Waals surface area (Å²) in [5.41, 5.74) is 0.398. The number of hydrogen-bond acceptors (Lipinski definition) is 6. The third-order valence-electron chi connectivity index (χ3n) is 3.02. The molecule has 1 amide bonds. The van der Waals surface area contributed by atoms with Gasteiger partial charge in [-0.1, -0.05) is 0 Å². The topological polar surface area (TPSA) is 73.4 Å². The van der Waals surface area contributed by atoms with Gasteiger partial charge in [-0.3, -0.25) is 4.79 Å². The van der Waals surface area contributed by atoms with Gasteiger partial charge in [0.1, 0.15) is 5.69 Å². The molecule has 22 heavy (non-hydrogen) atoms. The fourth-order valence-electron chi connectivity index (χ4n) is 1.85. The molecule has 0 radical (unpaired) electrons. The van der Waals surface area contributed by atoms with Gasteiger partial charge in [-0.05, 0) is 60.2 Å². The molecular formula is C15H28N6O. The van der Waals surface area contributed by atoms with Gasteiger partial charge in [-0.2, -0.15) is 0 Å². The van der Waals surface area contributed by atoms with Gasteiger partial charge in [0.2, 0.25) is 5.95 Å². The Bertz CT molecular complexity index is 449. The second-order valence-electron chi connectivity index (χ2n) is 5.76. The third-order valence-corrected chi connectivity index (χ3v) is 3.02. The van der Waals surface area contributed by atoms with Crippen molar-refractivity contribution in [2.24, 2.45) is 0 Å². The number of amides is 1. The number of aromatic nitrogens is 2. The normalized spacial score (nSPS) is 11.0. The Labute approximate surface area is 133 Å². The van der Waals surface area contributed by atoms with E-state index in [1.54, 1.807) is 12.3 Å². The van der Waals surface area contributed by atoms with Crippen LogP contribution in [-0.2, 0) is 0 Å². The van der Waals surface area contributed by atoms with E-state index in [1.165, 1.54) is 0 Å². The Kier molecular flexibility index (Phi) is 8.39. The van der Waals surface area contributed by atoms with Crippen molar-refractivity contribution in [2.45, 2.75) is 12.8 Å². The first-order chi connectivity index (χ1) is 10.5. The molecule has 0 aromatic carbocycles. The van der Waals surface area contributed by atoms with Crippen LogP contribution in [0.15, 0.2) is 12.3 Å². The molecule has 7 nitrogen and oxygen atoms in total. The molecule has 1 aromatic heterocycles. The Morgan fingerprint density at radius 1 is 1.09 bits per heavy atom. The van der Waals surface area contributed by atoms with Crippen LogP contribution >= 0.6 is 0 Å². The van der Waals surface area contributed by atoms with Gasteiger partial charge < -0.3 is 20.4 Å². The van der Waals surface area contributed by atoms with Crippen molar-refractivity contribution in [3.8, 4) is 0 Å². The van der Waals surface area contributed by atoms with Crippen molar-refractivity contribution in [1.29, 1.82) is 0 Å². The summed E-state index contributed by atoms with van der Waals surface area (Å²) >= 11 is 0. The molecule has 0 spiro atoms. The highest BCUT2D eigenvalue weighted by atomic mass is 16.1. The second kappa shape index (κ2) is 10.1. The third kappa shape index (κ3) is 7.90. The van der Waals surface area contributed by atoms with Crippen molar-refractivity contribution < 1.29 is 4.79 Å². The average molecular weight is 308 g/mol. The quantitative estimate of drug-likeness (QED) is 0.614. The predicted octanol–water partition coefficient (Wildman–Crippen LogP) is 0.522. The molecule has 0 bridgehead atoms. The van der Waals surface area contributed by atoms with Crippen LogP contribution in [0.25, 0.3) is 0 Å². The predicted molar refractivity (Wildman–Crippen MR) is 89.2 cm³/mol. The van der Waals surface area contributed by atoms with Crippen LogP contribution in [0, 0.1) is 0 Å². The Balaban J connectivity index is 2.37. The number of rotatable bonds is 10. The standard InChI is InChI=1S/C15H28N6O/c1-20(2)11-5-8-16-14(22)13-7-10-18-15(19-13)17-9-6-12-21(3)4/h7,10H,5-6,8-9,11-12H2,1-4H3,(H,16,22)(H,17,18,19). The first-order valence-electron chi connectivity index (χ1n) is 7.63. The largest absolute Gasteiger partial charge is 0.354 e. The molecular weight excluding hydrogens is 280 g/mol. The van der Waals surface area contributed by atoms with Crippen molar-refractivity contribution >= 4 is 11.9 Å². The highest BCUT2D eigenvalue weighted by Gasteiger charge is 2.08. The highest BCUT2D eigenvalue weighted by molar-refractivity contribution is 5.92. The minimum atomic E-state index is -0.155. The summed E-state index contributed by atoms with van der Waals surface area (Å²) in [7, 11) is 8.11. The summed E-state index contributed by atoms with van der Waals surface area (Å²) < 4.78 is 0. The molecule has 1 heterocycles. The van der Waals surface area contributed by atoms with Gasteiger partial charge >= 0.3 is 0 Å². The number of carbonyl (C=O) groups is 1. The van der Waals surface area contributed by atoms with Crippen LogP contribution in [0.2, 0.25) is 0 Å². The summed E-state index contributed by atoms with van der Waals surface area (Å²) in [6.07, 6.45) is 3.52. The van der Waals surface area contributed by atoms with Crippen molar-refractivity contribution in [3.05, 3.63) is 18.0 Å². The number of anilines is 1. The van der Waals surface area contributed by atoms with Crippen LogP contribution in [-0.4, -0.2) is 80.0 Å². The SMILES string of the molecule is CN(C)CCCNC(=O)c1ccnc(NCCCN(C)C)n1. The van der Waals surface area contributed by atoms with Crippen LogP contribution in [0.4, 0.5) is 5.95 Å². The van der Waals surface area contributed by atoms with E-state index in [0.29, 0.717) is 18.2 Å². The van der Waals surface area contributed by atoms with Crippen molar-refractivity contribution in [1.82, 2.24) is 25.1 Å². The lowest BCUT2D eigenvalue weighted by Crippen LogP contribution is -2.28. The number of hydrogen-bond donors (Lipinski definition) is 2. The molecule has 1 rings (SSSR count). The fourth-order valence-corrected chi connectivity index (χ4v) is 1.85. The summed E-state index contributed by atoms with van der Waals surface area (Å²) in [6.45, 7) is 3.38. The minimum absolute atomic E-state index is 0.155. The zero-order valence-electron chi connectivity index (χ0n) is 14.1. The summed E-state index contributed by atoms with van der Waals surface area (Å²) in [4.78, 5) is 24.6. The lowest BCUT2D eigenvalue weighted by Gasteiger charge is -2.11. The maximum absolute atomic E-state index is 12.0. The Morgan fingerprint density at radius 2 is 1.73 bits per heavy atom. The number of nitrogens with one attached hydrogen (secondary N) is 2. The fraction of sp³-hybridized carbons (Fsp3) is 0.667. The van der Waals surface area contributed by atoms with E-state index in [9.17, 15) is 4.79 Å². The van der Waals surface area contributed by atoms with E-state index in [1.807, 2.05) is 28.2 Å². The lowest BCUT2D eigenvalue weighted by atomic mass is 10.3. The molecule has 0 atom stereocenters. The molecule has 0 aliphatic carbocycles. The van der Waals surface area contributed by atoms with E-state index in [4.69, 9.17) is 0 Å². The number of nitrogens with zero attached hydrogens (tertiary/aromatic N) is 4. The smallest absolute Gasteiger partial charge is 0.270 e. The maximum Gasteiger partial charge on any atom is 0.270 e. The molecule has 0 saturated carbocycles. The summed E-state index contributed by atoms with van der Waals surface area (Å²) in [5, 5.41) is 6.02. The van der Waals surface area contributed by atoms with Gasteiger partial charge in [-0.25, -0.2) is 9.97 Å². The average Bonchev–Trinajstić information content (AvgIpc) is 2.48. The molecule has 124 valence electrons. The molecule has 7 heteroatoms. The number of carbonyl (C=O) groups excluding carboxylic acids is 1. The van der Waals surface area contributed by atoms with Gasteiger partial charge in [0.15, 0.2) is 0 Å². The molecule has 0 aliphatic heterocycles. The maximum atomic E-state index is 12.0. The minimum Gasteiger partial charge on any atom is -0.354 e. The monoisotopic (exact) mass is 308 g/mol. The highest BCUT2D eigenvalue weighted by Crippen LogP contribution is 2.01. The zero-order chi connectivity index (χ0) is 16.4. The van der Waals surface area contributed by atoms with Gasteiger partial charge in [0.25, 0.3) is 5.91 Å². The van der Waals surface area contributed by atoms with Gasteiger partial charge in [-0.15, -0.1) is 0 Å². The van der Waals surface area contributed by atoms with E-state index in [-0.39, 0.29) is 5.91 Å². The Hall–Kier alpha value is -1.73.